The molecule has 0 saturated carbocycles. The van der Waals surface area contributed by atoms with Crippen LogP contribution < -0.4 is 10.6 Å². The van der Waals surface area contributed by atoms with Crippen LogP contribution in [0.1, 0.15) is 47.6 Å². The molecule has 0 aliphatic heterocycles. The van der Waals surface area contributed by atoms with Crippen LogP contribution in [0.3, 0.4) is 0 Å². The highest BCUT2D eigenvalue weighted by molar-refractivity contribution is 7.15. The third-order valence-corrected chi connectivity index (χ3v) is 6.82. The number of rotatable bonds is 11. The van der Waals surface area contributed by atoms with E-state index in [0.29, 0.717) is 37.4 Å². The molecule has 35 heavy (non-hydrogen) atoms. The molecular weight excluding hydrogens is 466 g/mol. The Hall–Kier alpha value is -3.72. The zero-order valence-corrected chi connectivity index (χ0v) is 20.0. The predicted octanol–water partition coefficient (Wildman–Crippen LogP) is 4.81. The van der Waals surface area contributed by atoms with E-state index >= 15 is 0 Å². The summed E-state index contributed by atoms with van der Waals surface area (Å²) in [7, 11) is 0. The van der Waals surface area contributed by atoms with Crippen molar-refractivity contribution >= 4 is 34.4 Å². The summed E-state index contributed by atoms with van der Waals surface area (Å²) in [6.45, 7) is 0.689. The van der Waals surface area contributed by atoms with Gasteiger partial charge in [-0.15, -0.1) is 11.3 Å². The van der Waals surface area contributed by atoms with E-state index in [-0.39, 0.29) is 24.9 Å². The van der Waals surface area contributed by atoms with Gasteiger partial charge in [-0.25, -0.2) is 9.78 Å². The molecular formula is C26H27N3O5S. The molecule has 0 unspecified atom stereocenters. The number of amides is 2. The maximum absolute atomic E-state index is 12.4. The number of carboxylic acid groups (broad SMARTS) is 1. The number of benzene rings is 2. The van der Waals surface area contributed by atoms with Crippen molar-refractivity contribution in [2.24, 2.45) is 0 Å². The molecule has 0 spiro atoms. The van der Waals surface area contributed by atoms with E-state index in [0.717, 1.165) is 16.0 Å². The van der Waals surface area contributed by atoms with Crippen molar-refractivity contribution in [1.82, 2.24) is 10.3 Å². The monoisotopic (exact) mass is 493 g/mol. The SMILES string of the molecule is O=C(O)CCCCNC(=O)CCc1cnc(NC(=O)OCC2c3ccccc3-c3ccccc32)s1. The largest absolute Gasteiger partial charge is 0.481 e. The van der Waals surface area contributed by atoms with Gasteiger partial charge < -0.3 is 15.2 Å². The van der Waals surface area contributed by atoms with Crippen LogP contribution in [-0.2, 0) is 20.7 Å². The number of carbonyl (C=O) groups excluding carboxylic acids is 2. The molecule has 3 aromatic rings. The second kappa shape index (κ2) is 11.6. The molecule has 8 nitrogen and oxygen atoms in total. The van der Waals surface area contributed by atoms with Crippen molar-refractivity contribution in [3.63, 3.8) is 0 Å². The fourth-order valence-electron chi connectivity index (χ4n) is 4.16. The number of anilines is 1. The average Bonchev–Trinajstić information content (AvgIpc) is 3.43. The van der Waals surface area contributed by atoms with Gasteiger partial charge in [0.05, 0.1) is 0 Å². The summed E-state index contributed by atoms with van der Waals surface area (Å²) in [5, 5.41) is 14.5. The molecule has 1 aromatic heterocycles. The number of aryl methyl sites for hydroxylation is 1. The summed E-state index contributed by atoms with van der Waals surface area (Å²) in [5.74, 6) is -0.938. The number of nitrogens with zero attached hydrogens (tertiary/aromatic N) is 1. The Labute approximate surface area is 207 Å². The number of hydrogen-bond acceptors (Lipinski definition) is 6. The zero-order valence-electron chi connectivity index (χ0n) is 19.2. The van der Waals surface area contributed by atoms with Crippen LogP contribution in [-0.4, -0.2) is 41.2 Å². The Morgan fingerprint density at radius 1 is 0.971 bits per heavy atom. The van der Waals surface area contributed by atoms with Gasteiger partial charge in [0.25, 0.3) is 0 Å². The topological polar surface area (TPSA) is 118 Å². The third-order valence-electron chi connectivity index (χ3n) is 5.84. The van der Waals surface area contributed by atoms with Crippen molar-refractivity contribution in [3.05, 3.63) is 70.7 Å². The maximum atomic E-state index is 12.4. The van der Waals surface area contributed by atoms with Crippen molar-refractivity contribution < 1.29 is 24.2 Å². The highest BCUT2D eigenvalue weighted by atomic mass is 32.1. The molecule has 3 N–H and O–H groups in total. The second-order valence-corrected chi connectivity index (χ2v) is 9.40. The van der Waals surface area contributed by atoms with Crippen LogP contribution in [0.5, 0.6) is 0 Å². The number of carbonyl (C=O) groups is 3. The van der Waals surface area contributed by atoms with Crippen LogP contribution in [0.25, 0.3) is 11.1 Å². The minimum Gasteiger partial charge on any atom is -0.481 e. The molecule has 9 heteroatoms. The van der Waals surface area contributed by atoms with E-state index in [4.69, 9.17) is 9.84 Å². The summed E-state index contributed by atoms with van der Waals surface area (Å²) >= 11 is 1.31. The number of ether oxygens (including phenoxy) is 1. The number of unbranched alkanes of at least 4 members (excludes halogenated alkanes) is 1. The first-order valence-corrected chi connectivity index (χ1v) is 12.4. The molecule has 1 aliphatic rings. The smallest absolute Gasteiger partial charge is 0.413 e. The Morgan fingerprint density at radius 3 is 2.34 bits per heavy atom. The number of aliphatic carboxylic acids is 1. The zero-order chi connectivity index (χ0) is 24.6. The predicted molar refractivity (Wildman–Crippen MR) is 134 cm³/mol. The Balaban J connectivity index is 1.21. The fourth-order valence-corrected chi connectivity index (χ4v) is 4.95. The molecule has 2 amide bonds. The third kappa shape index (κ3) is 6.45. The number of aromatic nitrogens is 1. The molecule has 0 fully saturated rings. The summed E-state index contributed by atoms with van der Waals surface area (Å²) in [4.78, 5) is 39.9. The molecule has 182 valence electrons. The number of nitrogens with one attached hydrogen (secondary N) is 2. The van der Waals surface area contributed by atoms with Gasteiger partial charge >= 0.3 is 12.1 Å². The molecule has 4 rings (SSSR count). The second-order valence-electron chi connectivity index (χ2n) is 8.28. The van der Waals surface area contributed by atoms with Crippen molar-refractivity contribution in [2.75, 3.05) is 18.5 Å². The standard InChI is InChI=1S/C26H27N3O5S/c30-23(27-14-6-5-11-24(31)32)13-12-17-15-28-25(35-17)29-26(33)34-16-22-20-9-3-1-7-18(20)19-8-2-4-10-21(19)22/h1-4,7-10,15,22H,5-6,11-14,16H2,(H,27,30)(H,31,32)(H,28,29,33). The molecule has 0 atom stereocenters. The van der Waals surface area contributed by atoms with Crippen LogP contribution >= 0.6 is 11.3 Å². The fraction of sp³-hybridized carbons (Fsp3) is 0.308. The van der Waals surface area contributed by atoms with Gasteiger partial charge in [-0.1, -0.05) is 48.5 Å². The first kappa shape index (κ1) is 24.4. The van der Waals surface area contributed by atoms with Crippen molar-refractivity contribution in [3.8, 4) is 11.1 Å². The molecule has 0 bridgehead atoms. The lowest BCUT2D eigenvalue weighted by atomic mass is 9.98. The van der Waals surface area contributed by atoms with Gasteiger partial charge in [-0.05, 0) is 41.5 Å². The summed E-state index contributed by atoms with van der Waals surface area (Å²) in [6, 6.07) is 16.3. The Kier molecular flexibility index (Phi) is 8.10. The quantitative estimate of drug-likeness (QED) is 0.330. The van der Waals surface area contributed by atoms with Gasteiger partial charge in [0, 0.05) is 36.4 Å². The summed E-state index contributed by atoms with van der Waals surface area (Å²) in [6.07, 6.45) is 3.16. The van der Waals surface area contributed by atoms with Crippen LogP contribution in [0.2, 0.25) is 0 Å². The molecule has 1 heterocycles. The summed E-state index contributed by atoms with van der Waals surface area (Å²) in [5.41, 5.74) is 4.65. The van der Waals surface area contributed by atoms with Gasteiger partial charge in [0.15, 0.2) is 5.13 Å². The Morgan fingerprint density at radius 2 is 1.66 bits per heavy atom. The van der Waals surface area contributed by atoms with E-state index in [9.17, 15) is 14.4 Å². The molecule has 0 radical (unpaired) electrons. The molecule has 0 saturated heterocycles. The highest BCUT2D eigenvalue weighted by Gasteiger charge is 2.29. The van der Waals surface area contributed by atoms with Gasteiger partial charge in [-0.2, -0.15) is 0 Å². The van der Waals surface area contributed by atoms with E-state index in [2.05, 4.69) is 39.9 Å². The normalized spacial score (nSPS) is 12.0. The number of carboxylic acids is 1. The van der Waals surface area contributed by atoms with E-state index < -0.39 is 12.1 Å². The number of fused-ring (bicyclic) bond motifs is 3. The van der Waals surface area contributed by atoms with Gasteiger partial charge in [0.2, 0.25) is 5.91 Å². The first-order valence-electron chi connectivity index (χ1n) is 11.6. The molecule has 2 aromatic carbocycles. The minimum absolute atomic E-state index is 0.0114. The lowest BCUT2D eigenvalue weighted by Crippen LogP contribution is -2.24. The Bertz CT molecular complexity index is 1160. The van der Waals surface area contributed by atoms with Gasteiger partial charge in [0.1, 0.15) is 6.61 Å². The van der Waals surface area contributed by atoms with Crippen LogP contribution in [0.4, 0.5) is 9.93 Å². The molecule has 1 aliphatic carbocycles. The highest BCUT2D eigenvalue weighted by Crippen LogP contribution is 2.44. The van der Waals surface area contributed by atoms with Crippen LogP contribution in [0, 0.1) is 0 Å². The van der Waals surface area contributed by atoms with Gasteiger partial charge in [-0.3, -0.25) is 14.9 Å². The van der Waals surface area contributed by atoms with E-state index in [1.807, 2.05) is 24.3 Å². The van der Waals surface area contributed by atoms with E-state index in [1.165, 1.54) is 22.5 Å². The van der Waals surface area contributed by atoms with Crippen molar-refractivity contribution in [1.29, 1.82) is 0 Å². The first-order chi connectivity index (χ1) is 17.0. The van der Waals surface area contributed by atoms with E-state index in [1.54, 1.807) is 6.20 Å². The van der Waals surface area contributed by atoms with Crippen LogP contribution in [0.15, 0.2) is 54.7 Å². The minimum atomic E-state index is -0.830. The maximum Gasteiger partial charge on any atom is 0.413 e. The lowest BCUT2D eigenvalue weighted by molar-refractivity contribution is -0.137. The number of hydrogen-bond donors (Lipinski definition) is 3. The average molecular weight is 494 g/mol. The summed E-state index contributed by atoms with van der Waals surface area (Å²) < 4.78 is 5.55. The van der Waals surface area contributed by atoms with Crippen molar-refractivity contribution in [2.45, 2.75) is 38.0 Å². The number of thiazole rings is 1. The lowest BCUT2D eigenvalue weighted by Gasteiger charge is -2.14.